The van der Waals surface area contributed by atoms with E-state index in [0.29, 0.717) is 0 Å². The first-order valence-corrected chi connectivity index (χ1v) is 7.81. The van der Waals surface area contributed by atoms with Gasteiger partial charge in [0, 0.05) is 24.8 Å². The van der Waals surface area contributed by atoms with E-state index in [0.717, 1.165) is 36.8 Å². The zero-order valence-corrected chi connectivity index (χ0v) is 14.0. The molecule has 120 valence electrons. The van der Waals surface area contributed by atoms with Gasteiger partial charge in [-0.3, -0.25) is 4.90 Å². The number of aromatic nitrogens is 2. The summed E-state index contributed by atoms with van der Waals surface area (Å²) in [5, 5.41) is 0. The Morgan fingerprint density at radius 3 is 2.41 bits per heavy atom. The maximum absolute atomic E-state index is 12.3. The number of carbonyl (C=O) groups excluding carboxylic acids is 1. The lowest BCUT2D eigenvalue weighted by atomic mass is 9.88. The second-order valence-electron chi connectivity index (χ2n) is 7.25. The molecule has 0 radical (unpaired) electrons. The number of rotatable bonds is 1. The zero-order valence-electron chi connectivity index (χ0n) is 14.0. The maximum atomic E-state index is 12.3. The molecule has 2 bridgehead atoms. The summed E-state index contributed by atoms with van der Waals surface area (Å²) in [5.41, 5.74) is 0.535. The second-order valence-corrected chi connectivity index (χ2v) is 7.25. The zero-order chi connectivity index (χ0) is 16.1. The van der Waals surface area contributed by atoms with E-state index in [9.17, 15) is 4.79 Å². The molecular formula is C16H24N4O2. The molecule has 22 heavy (non-hydrogen) atoms. The smallest absolute Gasteiger partial charge is 0.410 e. The third kappa shape index (κ3) is 2.87. The summed E-state index contributed by atoms with van der Waals surface area (Å²) in [5.74, 6) is 1.75. The number of piperazine rings is 1. The Balaban J connectivity index is 1.68. The molecule has 1 aromatic heterocycles. The topological polar surface area (TPSA) is 58.6 Å². The third-order valence-electron chi connectivity index (χ3n) is 4.07. The highest BCUT2D eigenvalue weighted by atomic mass is 16.6. The number of nitrogens with zero attached hydrogens (tertiary/aromatic N) is 4. The molecule has 6 heteroatoms. The number of hydrogen-bond donors (Lipinski definition) is 0. The summed E-state index contributed by atoms with van der Waals surface area (Å²) >= 11 is 0. The molecular weight excluding hydrogens is 280 g/mol. The molecule has 0 saturated carbocycles. The van der Waals surface area contributed by atoms with Crippen molar-refractivity contribution in [1.29, 1.82) is 0 Å². The van der Waals surface area contributed by atoms with E-state index in [4.69, 9.17) is 4.74 Å². The number of carbonyl (C=O) groups is 1. The van der Waals surface area contributed by atoms with E-state index in [-0.39, 0.29) is 18.2 Å². The van der Waals surface area contributed by atoms with E-state index in [1.165, 1.54) is 0 Å². The van der Waals surface area contributed by atoms with Gasteiger partial charge in [-0.05, 0) is 41.0 Å². The maximum Gasteiger partial charge on any atom is 0.410 e. The molecule has 3 aliphatic rings. The summed E-state index contributed by atoms with van der Waals surface area (Å²) in [6, 6.07) is 2.46. The molecule has 0 aliphatic carbocycles. The summed E-state index contributed by atoms with van der Waals surface area (Å²) in [7, 11) is 0. The van der Waals surface area contributed by atoms with Gasteiger partial charge in [-0.25, -0.2) is 14.8 Å². The van der Waals surface area contributed by atoms with Crippen LogP contribution in [0.4, 0.5) is 10.6 Å². The number of aryl methyl sites for hydroxylation is 2. The van der Waals surface area contributed by atoms with Crippen LogP contribution in [-0.2, 0) is 4.74 Å². The van der Waals surface area contributed by atoms with Crippen LogP contribution in [0.1, 0.15) is 38.7 Å². The van der Waals surface area contributed by atoms with Crippen LogP contribution in [0.3, 0.4) is 0 Å². The van der Waals surface area contributed by atoms with E-state index < -0.39 is 5.60 Å². The molecule has 0 spiro atoms. The minimum Gasteiger partial charge on any atom is -0.444 e. The molecule has 2 atom stereocenters. The molecule has 3 aliphatic heterocycles. The summed E-state index contributed by atoms with van der Waals surface area (Å²) in [6.07, 6.45) is 0.863. The van der Waals surface area contributed by atoms with Crippen molar-refractivity contribution in [2.45, 2.75) is 58.7 Å². The Labute approximate surface area is 131 Å². The molecule has 4 heterocycles. The standard InChI is InChI=1S/C16H24N4O2/c1-10-6-14(18-11(2)17-10)19-8-12-7-13(9-19)20(12)15(21)22-16(3,4)5/h6,12-13H,7-9H2,1-5H3. The lowest BCUT2D eigenvalue weighted by Gasteiger charge is -2.56. The van der Waals surface area contributed by atoms with Gasteiger partial charge in [-0.15, -0.1) is 0 Å². The lowest BCUT2D eigenvalue weighted by molar-refractivity contribution is -0.0380. The number of amides is 1. The molecule has 6 nitrogen and oxygen atoms in total. The molecule has 1 amide bonds. The monoisotopic (exact) mass is 304 g/mol. The summed E-state index contributed by atoms with van der Waals surface area (Å²) in [6.45, 7) is 11.2. The van der Waals surface area contributed by atoms with Crippen LogP contribution in [-0.4, -0.2) is 51.7 Å². The predicted octanol–water partition coefficient (Wildman–Crippen LogP) is 2.29. The molecule has 3 fully saturated rings. The van der Waals surface area contributed by atoms with Gasteiger partial charge in [-0.1, -0.05) is 0 Å². The molecule has 3 saturated heterocycles. The van der Waals surface area contributed by atoms with Crippen molar-refractivity contribution in [2.75, 3.05) is 18.0 Å². The molecule has 0 aromatic carbocycles. The van der Waals surface area contributed by atoms with Crippen LogP contribution in [0.5, 0.6) is 0 Å². The normalized spacial score (nSPS) is 24.0. The molecule has 0 N–H and O–H groups in total. The van der Waals surface area contributed by atoms with Crippen LogP contribution >= 0.6 is 0 Å². The lowest BCUT2D eigenvalue weighted by Crippen LogP contribution is -2.70. The first-order chi connectivity index (χ1) is 10.2. The minimum absolute atomic E-state index is 0.191. The molecule has 2 unspecified atom stereocenters. The number of fused-ring (bicyclic) bond motifs is 2. The van der Waals surface area contributed by atoms with Crippen LogP contribution < -0.4 is 4.90 Å². The van der Waals surface area contributed by atoms with Crippen LogP contribution in [0.15, 0.2) is 6.07 Å². The second kappa shape index (κ2) is 5.11. The van der Waals surface area contributed by atoms with Gasteiger partial charge in [0.1, 0.15) is 17.2 Å². The number of anilines is 1. The van der Waals surface area contributed by atoms with Gasteiger partial charge < -0.3 is 9.64 Å². The van der Waals surface area contributed by atoms with E-state index in [1.807, 2.05) is 45.6 Å². The van der Waals surface area contributed by atoms with Gasteiger partial charge in [0.15, 0.2) is 0 Å². The predicted molar refractivity (Wildman–Crippen MR) is 84.0 cm³/mol. The van der Waals surface area contributed by atoms with Crippen molar-refractivity contribution >= 4 is 11.9 Å². The first kappa shape index (κ1) is 15.1. The van der Waals surface area contributed by atoms with E-state index >= 15 is 0 Å². The summed E-state index contributed by atoms with van der Waals surface area (Å²) in [4.78, 5) is 25.3. The van der Waals surface area contributed by atoms with E-state index in [1.54, 1.807) is 0 Å². The molecule has 1 aromatic rings. The Kier molecular flexibility index (Phi) is 3.50. The fourth-order valence-electron chi connectivity index (χ4n) is 3.27. The Bertz CT molecular complexity index is 564. The number of piperidine rings is 1. The quantitative estimate of drug-likeness (QED) is 0.796. The van der Waals surface area contributed by atoms with Crippen molar-refractivity contribution in [1.82, 2.24) is 14.9 Å². The third-order valence-corrected chi connectivity index (χ3v) is 4.07. The van der Waals surface area contributed by atoms with Crippen LogP contribution in [0.2, 0.25) is 0 Å². The first-order valence-electron chi connectivity index (χ1n) is 7.81. The van der Waals surface area contributed by atoms with Crippen molar-refractivity contribution in [2.24, 2.45) is 0 Å². The van der Waals surface area contributed by atoms with E-state index in [2.05, 4.69) is 14.9 Å². The van der Waals surface area contributed by atoms with Gasteiger partial charge in [0.2, 0.25) is 0 Å². The summed E-state index contributed by atoms with van der Waals surface area (Å²) < 4.78 is 5.50. The Morgan fingerprint density at radius 2 is 1.86 bits per heavy atom. The molecule has 4 rings (SSSR count). The fraction of sp³-hybridized carbons (Fsp3) is 0.688. The SMILES string of the molecule is Cc1cc(N2CC3CC(C2)N3C(=O)OC(C)(C)C)nc(C)n1. The van der Waals surface area contributed by atoms with Gasteiger partial charge in [0.25, 0.3) is 0 Å². The highest BCUT2D eigenvalue weighted by Gasteiger charge is 2.49. The fourth-order valence-corrected chi connectivity index (χ4v) is 3.27. The van der Waals surface area contributed by atoms with Gasteiger partial charge in [-0.2, -0.15) is 0 Å². The van der Waals surface area contributed by atoms with Crippen molar-refractivity contribution in [3.05, 3.63) is 17.6 Å². The van der Waals surface area contributed by atoms with Crippen LogP contribution in [0.25, 0.3) is 0 Å². The average molecular weight is 304 g/mol. The Morgan fingerprint density at radius 1 is 1.23 bits per heavy atom. The van der Waals surface area contributed by atoms with Gasteiger partial charge in [0.05, 0.1) is 12.1 Å². The minimum atomic E-state index is -0.443. The largest absolute Gasteiger partial charge is 0.444 e. The van der Waals surface area contributed by atoms with Crippen molar-refractivity contribution < 1.29 is 9.53 Å². The van der Waals surface area contributed by atoms with Crippen molar-refractivity contribution in [3.63, 3.8) is 0 Å². The van der Waals surface area contributed by atoms with Crippen LogP contribution in [0, 0.1) is 13.8 Å². The highest BCUT2D eigenvalue weighted by Crippen LogP contribution is 2.35. The number of ether oxygens (including phenoxy) is 1. The highest BCUT2D eigenvalue weighted by molar-refractivity contribution is 5.71. The number of hydrogen-bond acceptors (Lipinski definition) is 5. The van der Waals surface area contributed by atoms with Gasteiger partial charge >= 0.3 is 6.09 Å². The van der Waals surface area contributed by atoms with Crippen molar-refractivity contribution in [3.8, 4) is 0 Å². The Hall–Kier alpha value is -1.85. The average Bonchev–Trinajstić information content (AvgIpc) is 2.35.